The first-order valence-corrected chi connectivity index (χ1v) is 9.65. The molecule has 1 saturated carbocycles. The number of thioether (sulfide) groups is 1. The van der Waals surface area contributed by atoms with Gasteiger partial charge in [0.25, 0.3) is 0 Å². The van der Waals surface area contributed by atoms with E-state index in [-0.39, 0.29) is 0 Å². The lowest BCUT2D eigenvalue weighted by Crippen LogP contribution is -2.40. The monoisotopic (exact) mass is 304 g/mol. The highest BCUT2D eigenvalue weighted by atomic mass is 32.2. The molecule has 1 aromatic carbocycles. The zero-order valence-corrected chi connectivity index (χ0v) is 13.9. The van der Waals surface area contributed by atoms with Crippen LogP contribution < -0.4 is 5.73 Å². The van der Waals surface area contributed by atoms with Crippen molar-refractivity contribution in [2.24, 2.45) is 11.7 Å². The first-order valence-electron chi connectivity index (χ1n) is 8.43. The van der Waals surface area contributed by atoms with Crippen molar-refractivity contribution >= 4 is 11.8 Å². The van der Waals surface area contributed by atoms with Gasteiger partial charge < -0.3 is 5.73 Å². The summed E-state index contributed by atoms with van der Waals surface area (Å²) in [6.45, 7) is 1.97. The van der Waals surface area contributed by atoms with Crippen LogP contribution in [0.15, 0.2) is 29.2 Å². The maximum Gasteiger partial charge on any atom is 0.0473 e. The summed E-state index contributed by atoms with van der Waals surface area (Å²) in [5, 5.41) is 0. The Morgan fingerprint density at radius 1 is 1.14 bits per heavy atom. The number of rotatable bonds is 5. The van der Waals surface area contributed by atoms with E-state index in [1.807, 2.05) is 0 Å². The Balaban J connectivity index is 1.77. The molecular weight excluding hydrogens is 276 g/mol. The Labute approximate surface area is 133 Å². The molecule has 116 valence electrons. The zero-order chi connectivity index (χ0) is 14.7. The number of benzene rings is 1. The minimum absolute atomic E-state index is 0.411. The Hall–Kier alpha value is -0.510. The SMILES string of the molecule is CSc1ccc(C(CN)N2CCCC2C2CCCC2)cc1. The van der Waals surface area contributed by atoms with Gasteiger partial charge in [0.05, 0.1) is 0 Å². The number of likely N-dealkylation sites (tertiary alicyclic amines) is 1. The standard InChI is InChI=1S/C18H28N2S/c1-21-16-10-8-15(9-11-16)18(13-19)20-12-4-7-17(20)14-5-2-3-6-14/h8-11,14,17-18H,2-7,12-13,19H2,1H3. The van der Waals surface area contributed by atoms with E-state index in [0.717, 1.165) is 18.5 Å². The third-order valence-electron chi connectivity index (χ3n) is 5.41. The minimum atomic E-state index is 0.411. The molecule has 21 heavy (non-hydrogen) atoms. The van der Waals surface area contributed by atoms with Crippen molar-refractivity contribution in [1.82, 2.24) is 4.90 Å². The van der Waals surface area contributed by atoms with Crippen molar-refractivity contribution in [1.29, 1.82) is 0 Å². The molecule has 2 atom stereocenters. The average molecular weight is 305 g/mol. The molecule has 1 aromatic rings. The van der Waals surface area contributed by atoms with E-state index in [1.54, 1.807) is 11.8 Å². The van der Waals surface area contributed by atoms with Crippen molar-refractivity contribution in [3.8, 4) is 0 Å². The van der Waals surface area contributed by atoms with Gasteiger partial charge in [-0.15, -0.1) is 11.8 Å². The molecule has 0 spiro atoms. The van der Waals surface area contributed by atoms with Gasteiger partial charge in [0.15, 0.2) is 0 Å². The molecule has 0 bridgehead atoms. The van der Waals surface area contributed by atoms with Gasteiger partial charge in [-0.1, -0.05) is 25.0 Å². The fourth-order valence-electron chi connectivity index (χ4n) is 4.34. The van der Waals surface area contributed by atoms with E-state index in [9.17, 15) is 0 Å². The fraction of sp³-hybridized carbons (Fsp3) is 0.667. The summed E-state index contributed by atoms with van der Waals surface area (Å²) in [5.74, 6) is 0.923. The molecule has 0 amide bonds. The highest BCUT2D eigenvalue weighted by Gasteiger charge is 2.36. The van der Waals surface area contributed by atoms with E-state index in [1.165, 1.54) is 55.5 Å². The maximum absolute atomic E-state index is 6.17. The largest absolute Gasteiger partial charge is 0.329 e. The van der Waals surface area contributed by atoms with Crippen LogP contribution in [-0.2, 0) is 0 Å². The van der Waals surface area contributed by atoms with Crippen LogP contribution in [0.3, 0.4) is 0 Å². The predicted molar refractivity (Wildman–Crippen MR) is 91.7 cm³/mol. The third kappa shape index (κ3) is 3.30. The van der Waals surface area contributed by atoms with E-state index >= 15 is 0 Å². The number of hydrogen-bond acceptors (Lipinski definition) is 3. The summed E-state index contributed by atoms with van der Waals surface area (Å²) >= 11 is 1.81. The molecule has 1 saturated heterocycles. The highest BCUT2D eigenvalue weighted by molar-refractivity contribution is 7.98. The van der Waals surface area contributed by atoms with Crippen molar-refractivity contribution < 1.29 is 0 Å². The van der Waals surface area contributed by atoms with E-state index < -0.39 is 0 Å². The maximum atomic E-state index is 6.17. The summed E-state index contributed by atoms with van der Waals surface area (Å²) < 4.78 is 0. The molecule has 1 aliphatic heterocycles. The van der Waals surface area contributed by atoms with Crippen LogP contribution in [0.1, 0.15) is 50.1 Å². The topological polar surface area (TPSA) is 29.3 Å². The predicted octanol–water partition coefficient (Wildman–Crippen LogP) is 4.06. The van der Waals surface area contributed by atoms with E-state index in [2.05, 4.69) is 35.4 Å². The van der Waals surface area contributed by atoms with Crippen molar-refractivity contribution in [2.45, 2.75) is 55.5 Å². The molecule has 2 unspecified atom stereocenters. The molecule has 0 aromatic heterocycles. The molecule has 3 heteroatoms. The second-order valence-electron chi connectivity index (χ2n) is 6.52. The van der Waals surface area contributed by atoms with Gasteiger partial charge in [0.2, 0.25) is 0 Å². The molecule has 1 aliphatic carbocycles. The summed E-state index contributed by atoms with van der Waals surface area (Å²) in [6.07, 6.45) is 10.6. The Morgan fingerprint density at radius 3 is 2.48 bits per heavy atom. The van der Waals surface area contributed by atoms with Crippen molar-refractivity contribution in [2.75, 3.05) is 19.3 Å². The smallest absolute Gasteiger partial charge is 0.0473 e. The Morgan fingerprint density at radius 2 is 1.86 bits per heavy atom. The second kappa shape index (κ2) is 7.17. The molecule has 2 N–H and O–H groups in total. The van der Waals surface area contributed by atoms with Crippen molar-refractivity contribution in [3.05, 3.63) is 29.8 Å². The third-order valence-corrected chi connectivity index (χ3v) is 6.15. The average Bonchev–Trinajstić information content (AvgIpc) is 3.19. The molecule has 3 rings (SSSR count). The lowest BCUT2D eigenvalue weighted by Gasteiger charge is -2.36. The number of nitrogens with two attached hydrogens (primary N) is 1. The fourth-order valence-corrected chi connectivity index (χ4v) is 4.75. The molecule has 1 heterocycles. The van der Waals surface area contributed by atoms with Gasteiger partial charge >= 0.3 is 0 Å². The van der Waals surface area contributed by atoms with Gasteiger partial charge in [0.1, 0.15) is 0 Å². The summed E-state index contributed by atoms with van der Waals surface area (Å²) in [5.41, 5.74) is 7.57. The summed E-state index contributed by atoms with van der Waals surface area (Å²) in [4.78, 5) is 4.06. The normalized spacial score (nSPS) is 25.5. The number of hydrogen-bond donors (Lipinski definition) is 1. The number of nitrogens with zero attached hydrogens (tertiary/aromatic N) is 1. The minimum Gasteiger partial charge on any atom is -0.329 e. The molecular formula is C18H28N2S. The lowest BCUT2D eigenvalue weighted by atomic mass is 9.94. The van der Waals surface area contributed by atoms with Crippen LogP contribution >= 0.6 is 11.8 Å². The molecule has 2 fully saturated rings. The Bertz CT molecular complexity index is 439. The van der Waals surface area contributed by atoms with Gasteiger partial charge in [0, 0.05) is 23.5 Å². The Kier molecular flexibility index (Phi) is 5.25. The first kappa shape index (κ1) is 15.4. The molecule has 2 nitrogen and oxygen atoms in total. The van der Waals surface area contributed by atoms with Crippen LogP contribution in [0.25, 0.3) is 0 Å². The van der Waals surface area contributed by atoms with Crippen molar-refractivity contribution in [3.63, 3.8) is 0 Å². The van der Waals surface area contributed by atoms with Gasteiger partial charge in [-0.2, -0.15) is 0 Å². The summed E-state index contributed by atoms with van der Waals surface area (Å²) in [6, 6.07) is 10.2. The van der Waals surface area contributed by atoms with Crippen LogP contribution in [-0.4, -0.2) is 30.3 Å². The van der Waals surface area contributed by atoms with Crippen LogP contribution in [0.4, 0.5) is 0 Å². The van der Waals surface area contributed by atoms with E-state index in [4.69, 9.17) is 5.73 Å². The van der Waals surface area contributed by atoms with E-state index in [0.29, 0.717) is 6.04 Å². The quantitative estimate of drug-likeness (QED) is 0.832. The molecule has 0 radical (unpaired) electrons. The first-order chi connectivity index (χ1) is 10.3. The van der Waals surface area contributed by atoms with Gasteiger partial charge in [-0.3, -0.25) is 4.90 Å². The zero-order valence-electron chi connectivity index (χ0n) is 13.1. The van der Waals surface area contributed by atoms with Crippen LogP contribution in [0.2, 0.25) is 0 Å². The van der Waals surface area contributed by atoms with Crippen LogP contribution in [0, 0.1) is 5.92 Å². The second-order valence-corrected chi connectivity index (χ2v) is 7.40. The summed E-state index contributed by atoms with van der Waals surface area (Å²) in [7, 11) is 0. The molecule has 2 aliphatic rings. The van der Waals surface area contributed by atoms with Crippen LogP contribution in [0.5, 0.6) is 0 Å². The lowest BCUT2D eigenvalue weighted by molar-refractivity contribution is 0.138. The highest BCUT2D eigenvalue weighted by Crippen LogP contribution is 2.39. The van der Waals surface area contributed by atoms with Gasteiger partial charge in [-0.05, 0) is 62.1 Å². The van der Waals surface area contributed by atoms with Gasteiger partial charge in [-0.25, -0.2) is 0 Å².